The molecule has 18 heavy (non-hydrogen) atoms. The summed E-state index contributed by atoms with van der Waals surface area (Å²) >= 11 is 0. The molecule has 7 heteroatoms. The minimum Gasteiger partial charge on any atom is -0.396 e. The number of aliphatic hydroxyl groups excluding tert-OH is 1. The Labute approximate surface area is 106 Å². The number of aromatic nitrogens is 2. The molecular formula is C11H20N4O3. The van der Waals surface area contributed by atoms with Gasteiger partial charge in [0.1, 0.15) is 6.54 Å². The maximum atomic E-state index is 11.6. The summed E-state index contributed by atoms with van der Waals surface area (Å²) < 4.78 is 6.30. The van der Waals surface area contributed by atoms with Gasteiger partial charge >= 0.3 is 0 Å². The number of carbonyl (C=O) groups excluding carboxylic acids is 1. The molecule has 1 rings (SSSR count). The van der Waals surface area contributed by atoms with E-state index < -0.39 is 6.10 Å². The molecule has 0 radical (unpaired) electrons. The van der Waals surface area contributed by atoms with Crippen molar-refractivity contribution in [3.8, 4) is 0 Å². The minimum atomic E-state index is -0.704. The maximum Gasteiger partial charge on any atom is 0.241 e. The second kappa shape index (κ2) is 6.36. The number of nitrogens with zero attached hydrogens (tertiary/aromatic N) is 2. The summed E-state index contributed by atoms with van der Waals surface area (Å²) in [5.74, 6) is -0.226. The lowest BCUT2D eigenvalue weighted by Crippen LogP contribution is -2.36. The number of aliphatic hydroxyl groups is 1. The van der Waals surface area contributed by atoms with E-state index in [1.54, 1.807) is 11.6 Å². The van der Waals surface area contributed by atoms with E-state index in [0.29, 0.717) is 11.4 Å². The summed E-state index contributed by atoms with van der Waals surface area (Å²) in [5.41, 5.74) is 7.84. The molecule has 1 atom stereocenters. The predicted molar refractivity (Wildman–Crippen MR) is 67.0 cm³/mol. The van der Waals surface area contributed by atoms with Gasteiger partial charge in [-0.3, -0.25) is 9.48 Å². The zero-order valence-electron chi connectivity index (χ0n) is 10.9. The first-order valence-corrected chi connectivity index (χ1v) is 5.68. The topological polar surface area (TPSA) is 102 Å². The monoisotopic (exact) mass is 256 g/mol. The molecule has 1 heterocycles. The fourth-order valence-corrected chi connectivity index (χ4v) is 1.54. The molecule has 0 aliphatic carbocycles. The van der Waals surface area contributed by atoms with Crippen LogP contribution >= 0.6 is 0 Å². The van der Waals surface area contributed by atoms with Crippen molar-refractivity contribution in [2.45, 2.75) is 26.5 Å². The number of anilines is 1. The Kier molecular flexibility index (Phi) is 5.11. The highest BCUT2D eigenvalue weighted by Crippen LogP contribution is 2.14. The Morgan fingerprint density at radius 3 is 2.78 bits per heavy atom. The summed E-state index contributed by atoms with van der Waals surface area (Å²) in [6.45, 7) is 4.03. The standard InChI is InChI=1S/C11H20N4O3/c1-7-11(12)8(2)15(14-7)5-10(17)13-4-9(16)6-18-3/h9,16H,4-6,12H2,1-3H3,(H,13,17). The number of hydrogen-bond acceptors (Lipinski definition) is 5. The lowest BCUT2D eigenvalue weighted by Gasteiger charge is -2.11. The number of ether oxygens (including phenoxy) is 1. The third-order valence-electron chi connectivity index (χ3n) is 2.62. The van der Waals surface area contributed by atoms with Crippen molar-refractivity contribution in [1.29, 1.82) is 0 Å². The van der Waals surface area contributed by atoms with Gasteiger partial charge in [0.2, 0.25) is 5.91 Å². The van der Waals surface area contributed by atoms with Gasteiger partial charge in [-0.15, -0.1) is 0 Å². The van der Waals surface area contributed by atoms with Crippen molar-refractivity contribution in [1.82, 2.24) is 15.1 Å². The Hall–Kier alpha value is -1.60. The maximum absolute atomic E-state index is 11.6. The van der Waals surface area contributed by atoms with E-state index in [4.69, 9.17) is 10.5 Å². The molecule has 0 spiro atoms. The first kappa shape index (κ1) is 14.5. The number of nitrogens with one attached hydrogen (secondary N) is 1. The number of rotatable bonds is 6. The number of nitrogens with two attached hydrogens (primary N) is 1. The third kappa shape index (κ3) is 3.71. The van der Waals surface area contributed by atoms with Crippen LogP contribution in [0.5, 0.6) is 0 Å². The largest absolute Gasteiger partial charge is 0.396 e. The molecule has 0 aromatic carbocycles. The predicted octanol–water partition coefficient (Wildman–Crippen LogP) is -0.794. The average molecular weight is 256 g/mol. The average Bonchev–Trinajstić information content (AvgIpc) is 2.55. The highest BCUT2D eigenvalue weighted by Gasteiger charge is 2.12. The normalized spacial score (nSPS) is 12.4. The van der Waals surface area contributed by atoms with Gasteiger partial charge in [0.05, 0.1) is 29.8 Å². The number of carbonyl (C=O) groups is 1. The molecule has 0 saturated heterocycles. The Bertz CT molecular complexity index is 417. The fraction of sp³-hybridized carbons (Fsp3) is 0.636. The van der Waals surface area contributed by atoms with Crippen molar-refractivity contribution < 1.29 is 14.6 Å². The fourth-order valence-electron chi connectivity index (χ4n) is 1.54. The highest BCUT2D eigenvalue weighted by atomic mass is 16.5. The number of amides is 1. The lowest BCUT2D eigenvalue weighted by atomic mass is 10.3. The van der Waals surface area contributed by atoms with E-state index >= 15 is 0 Å². The van der Waals surface area contributed by atoms with Gasteiger partial charge in [0, 0.05) is 13.7 Å². The SMILES string of the molecule is COCC(O)CNC(=O)Cn1nc(C)c(N)c1C. The summed E-state index contributed by atoms with van der Waals surface area (Å²) in [5, 5.41) is 16.1. The van der Waals surface area contributed by atoms with Gasteiger partial charge in [-0.05, 0) is 13.8 Å². The van der Waals surface area contributed by atoms with Gasteiger partial charge in [-0.25, -0.2) is 0 Å². The zero-order chi connectivity index (χ0) is 13.7. The van der Waals surface area contributed by atoms with Crippen LogP contribution in [-0.2, 0) is 16.1 Å². The first-order valence-electron chi connectivity index (χ1n) is 5.68. The van der Waals surface area contributed by atoms with E-state index in [0.717, 1.165) is 5.69 Å². The van der Waals surface area contributed by atoms with Gasteiger partial charge < -0.3 is 20.9 Å². The van der Waals surface area contributed by atoms with Gasteiger partial charge in [-0.1, -0.05) is 0 Å². The van der Waals surface area contributed by atoms with E-state index in [-0.39, 0.29) is 25.6 Å². The summed E-state index contributed by atoms with van der Waals surface area (Å²) in [4.78, 5) is 11.6. The van der Waals surface area contributed by atoms with Crippen molar-refractivity contribution in [3.63, 3.8) is 0 Å². The Balaban J connectivity index is 2.47. The van der Waals surface area contributed by atoms with Crippen LogP contribution in [0.4, 0.5) is 5.69 Å². The van der Waals surface area contributed by atoms with E-state index in [2.05, 4.69) is 10.4 Å². The molecule has 0 bridgehead atoms. The highest BCUT2D eigenvalue weighted by molar-refractivity contribution is 5.75. The van der Waals surface area contributed by atoms with Crippen LogP contribution in [0.25, 0.3) is 0 Å². The van der Waals surface area contributed by atoms with Crippen LogP contribution in [0.1, 0.15) is 11.4 Å². The van der Waals surface area contributed by atoms with E-state index in [1.165, 1.54) is 7.11 Å². The van der Waals surface area contributed by atoms with Gasteiger partial charge in [0.25, 0.3) is 0 Å². The molecule has 1 aromatic heterocycles. The zero-order valence-corrected chi connectivity index (χ0v) is 10.9. The molecule has 0 fully saturated rings. The van der Waals surface area contributed by atoms with Crippen molar-refractivity contribution >= 4 is 11.6 Å². The van der Waals surface area contributed by atoms with Gasteiger partial charge in [0.15, 0.2) is 0 Å². The van der Waals surface area contributed by atoms with Crippen LogP contribution in [0.3, 0.4) is 0 Å². The Morgan fingerprint density at radius 2 is 2.28 bits per heavy atom. The molecule has 1 amide bonds. The summed E-state index contributed by atoms with van der Waals surface area (Å²) in [6, 6.07) is 0. The van der Waals surface area contributed by atoms with Crippen molar-refractivity contribution in [2.24, 2.45) is 0 Å². The van der Waals surface area contributed by atoms with E-state index in [1.807, 2.05) is 6.92 Å². The van der Waals surface area contributed by atoms with E-state index in [9.17, 15) is 9.90 Å². The first-order chi connectivity index (χ1) is 8.45. The van der Waals surface area contributed by atoms with Crippen molar-refractivity contribution in [2.75, 3.05) is 26.0 Å². The van der Waals surface area contributed by atoms with Crippen LogP contribution in [0, 0.1) is 13.8 Å². The smallest absolute Gasteiger partial charge is 0.241 e. The number of methoxy groups -OCH3 is 1. The number of hydrogen-bond donors (Lipinski definition) is 3. The summed E-state index contributed by atoms with van der Waals surface area (Å²) in [6.07, 6.45) is -0.704. The van der Waals surface area contributed by atoms with Gasteiger partial charge in [-0.2, -0.15) is 5.10 Å². The van der Waals surface area contributed by atoms with Crippen LogP contribution in [-0.4, -0.2) is 47.2 Å². The Morgan fingerprint density at radius 1 is 1.61 bits per heavy atom. The summed E-state index contributed by atoms with van der Waals surface area (Å²) in [7, 11) is 1.49. The molecule has 4 N–H and O–H groups in total. The van der Waals surface area contributed by atoms with Crippen LogP contribution in [0.2, 0.25) is 0 Å². The molecule has 0 aliphatic rings. The molecule has 7 nitrogen and oxygen atoms in total. The molecule has 0 aliphatic heterocycles. The third-order valence-corrected chi connectivity index (χ3v) is 2.62. The quantitative estimate of drug-likeness (QED) is 0.618. The molecule has 1 unspecified atom stereocenters. The van der Waals surface area contributed by atoms with Crippen LogP contribution < -0.4 is 11.1 Å². The van der Waals surface area contributed by atoms with Crippen molar-refractivity contribution in [3.05, 3.63) is 11.4 Å². The number of nitrogen functional groups attached to an aromatic ring is 1. The number of aryl methyl sites for hydroxylation is 1. The second-order valence-electron chi connectivity index (χ2n) is 4.16. The molecule has 1 aromatic rings. The molecule has 0 saturated carbocycles. The molecule has 102 valence electrons. The van der Waals surface area contributed by atoms with Crippen LogP contribution in [0.15, 0.2) is 0 Å². The minimum absolute atomic E-state index is 0.0869. The lowest BCUT2D eigenvalue weighted by molar-refractivity contribution is -0.122. The second-order valence-corrected chi connectivity index (χ2v) is 4.16. The molecular weight excluding hydrogens is 236 g/mol.